The van der Waals surface area contributed by atoms with Crippen molar-refractivity contribution in [2.24, 2.45) is 10.8 Å². The van der Waals surface area contributed by atoms with Crippen molar-refractivity contribution in [3.05, 3.63) is 29.8 Å². The van der Waals surface area contributed by atoms with Gasteiger partial charge in [0.05, 0.1) is 6.04 Å². The Bertz CT molecular complexity index is 487. The lowest BCUT2D eigenvalue weighted by atomic mass is 10.2. The molecule has 20 heavy (non-hydrogen) atoms. The average molecular weight is 273 g/mol. The van der Waals surface area contributed by atoms with E-state index in [9.17, 15) is 0 Å². The fourth-order valence-corrected chi connectivity index (χ4v) is 2.59. The van der Waals surface area contributed by atoms with Crippen LogP contribution in [-0.4, -0.2) is 43.1 Å². The maximum Gasteiger partial charge on any atom is 0.208 e. The van der Waals surface area contributed by atoms with Crippen LogP contribution < -0.4 is 16.2 Å². The molecule has 0 unspecified atom stereocenters. The van der Waals surface area contributed by atoms with Gasteiger partial charge in [-0.3, -0.25) is 5.43 Å². The first kappa shape index (κ1) is 13.2. The minimum atomic E-state index is 0.496. The molecule has 0 aromatic heterocycles. The van der Waals surface area contributed by atoms with Gasteiger partial charge in [0, 0.05) is 31.9 Å². The number of nitrogens with zero attached hydrogens (tertiary/aromatic N) is 3. The third kappa shape index (κ3) is 3.04. The first-order valence-corrected chi connectivity index (χ1v) is 7.37. The van der Waals surface area contributed by atoms with Crippen molar-refractivity contribution in [3.8, 4) is 0 Å². The van der Waals surface area contributed by atoms with Crippen molar-refractivity contribution in [3.63, 3.8) is 0 Å². The van der Waals surface area contributed by atoms with E-state index in [0.29, 0.717) is 6.04 Å². The minimum absolute atomic E-state index is 0.496. The number of hydrogen-bond donors (Lipinski definition) is 2. The lowest BCUT2D eigenvalue weighted by molar-refractivity contribution is 0.372. The van der Waals surface area contributed by atoms with Gasteiger partial charge in [-0.05, 0) is 37.5 Å². The second-order valence-electron chi connectivity index (χ2n) is 5.64. The molecule has 3 rings (SSSR count). The Morgan fingerprint density at radius 1 is 1.25 bits per heavy atom. The lowest BCUT2D eigenvalue weighted by Gasteiger charge is -2.37. The summed E-state index contributed by atoms with van der Waals surface area (Å²) in [5, 5.41) is 0. The van der Waals surface area contributed by atoms with Crippen molar-refractivity contribution in [2.45, 2.75) is 25.8 Å². The Morgan fingerprint density at radius 2 is 2.00 bits per heavy atom. The predicted molar refractivity (Wildman–Crippen MR) is 82.7 cm³/mol. The molecule has 0 radical (unpaired) electrons. The number of piperazine rings is 1. The number of hydrogen-bond acceptors (Lipinski definition) is 3. The van der Waals surface area contributed by atoms with Crippen molar-refractivity contribution in [2.75, 3.05) is 31.1 Å². The van der Waals surface area contributed by atoms with E-state index in [1.807, 2.05) is 0 Å². The second kappa shape index (κ2) is 5.71. The van der Waals surface area contributed by atoms with Crippen LogP contribution >= 0.6 is 0 Å². The summed E-state index contributed by atoms with van der Waals surface area (Å²) in [7, 11) is 0. The predicted octanol–water partition coefficient (Wildman–Crippen LogP) is 1.10. The molecule has 2 aliphatic rings. The molecule has 2 fully saturated rings. The molecule has 1 aliphatic carbocycles. The molecule has 1 saturated carbocycles. The van der Waals surface area contributed by atoms with Crippen LogP contribution in [0.15, 0.2) is 29.3 Å². The van der Waals surface area contributed by atoms with Gasteiger partial charge in [0.15, 0.2) is 0 Å². The van der Waals surface area contributed by atoms with Gasteiger partial charge < -0.3 is 9.80 Å². The molecule has 5 heteroatoms. The fourth-order valence-electron chi connectivity index (χ4n) is 2.59. The number of aryl methyl sites for hydroxylation is 1. The van der Waals surface area contributed by atoms with Crippen LogP contribution in [0.4, 0.5) is 5.69 Å². The van der Waals surface area contributed by atoms with Gasteiger partial charge in [0.1, 0.15) is 0 Å². The van der Waals surface area contributed by atoms with Crippen molar-refractivity contribution in [1.82, 2.24) is 10.3 Å². The van der Waals surface area contributed by atoms with Gasteiger partial charge in [-0.2, -0.15) is 0 Å². The molecule has 0 amide bonds. The largest absolute Gasteiger partial charge is 0.368 e. The molecule has 3 N–H and O–H groups in total. The molecule has 1 aliphatic heterocycles. The number of benzene rings is 1. The topological polar surface area (TPSA) is 56.9 Å². The maximum absolute atomic E-state index is 5.61. The molecule has 0 atom stereocenters. The Kier molecular flexibility index (Phi) is 3.78. The first-order valence-electron chi connectivity index (χ1n) is 7.37. The molecule has 0 bridgehead atoms. The average Bonchev–Trinajstić information content (AvgIpc) is 3.29. The van der Waals surface area contributed by atoms with Crippen LogP contribution in [0.2, 0.25) is 0 Å². The SMILES string of the molecule is Cc1cccc(N2CCN(C(=NC3CC3)NN)CC2)c1. The summed E-state index contributed by atoms with van der Waals surface area (Å²) in [6, 6.07) is 9.19. The number of guanidine groups is 1. The summed E-state index contributed by atoms with van der Waals surface area (Å²) in [4.78, 5) is 9.31. The van der Waals surface area contributed by atoms with E-state index in [0.717, 1.165) is 32.1 Å². The number of rotatable bonds is 2. The van der Waals surface area contributed by atoms with Crippen molar-refractivity contribution < 1.29 is 0 Å². The Balaban J connectivity index is 1.61. The zero-order valence-electron chi connectivity index (χ0n) is 12.0. The number of hydrazine groups is 1. The lowest BCUT2D eigenvalue weighted by Crippen LogP contribution is -2.54. The number of aliphatic imine (C=N–C) groups is 1. The van der Waals surface area contributed by atoms with E-state index in [4.69, 9.17) is 5.84 Å². The monoisotopic (exact) mass is 273 g/mol. The van der Waals surface area contributed by atoms with Crippen LogP contribution in [0.1, 0.15) is 18.4 Å². The van der Waals surface area contributed by atoms with Crippen LogP contribution in [0, 0.1) is 6.92 Å². The standard InChI is InChI=1S/C15H23N5/c1-12-3-2-4-14(11-12)19-7-9-20(10-8-19)15(18-16)17-13-5-6-13/h2-4,11,13H,5-10,16H2,1H3,(H,17,18). The molecule has 1 saturated heterocycles. The molecular weight excluding hydrogens is 250 g/mol. The highest BCUT2D eigenvalue weighted by Crippen LogP contribution is 2.24. The molecule has 1 aromatic rings. The summed E-state index contributed by atoms with van der Waals surface area (Å²) in [6.45, 7) is 6.08. The van der Waals surface area contributed by atoms with Crippen molar-refractivity contribution >= 4 is 11.6 Å². The minimum Gasteiger partial charge on any atom is -0.368 e. The quantitative estimate of drug-likeness (QED) is 0.367. The summed E-state index contributed by atoms with van der Waals surface area (Å²) >= 11 is 0. The molecule has 5 nitrogen and oxygen atoms in total. The zero-order valence-corrected chi connectivity index (χ0v) is 12.0. The Hall–Kier alpha value is -1.75. The highest BCUT2D eigenvalue weighted by Gasteiger charge is 2.24. The van der Waals surface area contributed by atoms with Crippen LogP contribution in [-0.2, 0) is 0 Å². The number of nitrogens with one attached hydrogen (secondary N) is 1. The summed E-state index contributed by atoms with van der Waals surface area (Å²) in [5.74, 6) is 6.47. The zero-order chi connectivity index (χ0) is 13.9. The van der Waals surface area contributed by atoms with E-state index < -0.39 is 0 Å². The summed E-state index contributed by atoms with van der Waals surface area (Å²) in [6.07, 6.45) is 2.41. The van der Waals surface area contributed by atoms with Gasteiger partial charge in [0.25, 0.3) is 0 Å². The van der Waals surface area contributed by atoms with E-state index in [1.54, 1.807) is 0 Å². The highest BCUT2D eigenvalue weighted by molar-refractivity contribution is 5.80. The summed E-state index contributed by atoms with van der Waals surface area (Å²) in [5.41, 5.74) is 5.39. The smallest absolute Gasteiger partial charge is 0.208 e. The first-order chi connectivity index (χ1) is 9.76. The maximum atomic E-state index is 5.61. The van der Waals surface area contributed by atoms with E-state index >= 15 is 0 Å². The van der Waals surface area contributed by atoms with Gasteiger partial charge in [-0.15, -0.1) is 0 Å². The Labute approximate surface area is 120 Å². The van der Waals surface area contributed by atoms with Crippen LogP contribution in [0.3, 0.4) is 0 Å². The van der Waals surface area contributed by atoms with Crippen LogP contribution in [0.5, 0.6) is 0 Å². The van der Waals surface area contributed by atoms with E-state index in [2.05, 4.69) is 51.4 Å². The highest BCUT2D eigenvalue weighted by atomic mass is 15.4. The third-order valence-electron chi connectivity index (χ3n) is 3.93. The molecular formula is C15H23N5. The summed E-state index contributed by atoms with van der Waals surface area (Å²) < 4.78 is 0. The third-order valence-corrected chi connectivity index (χ3v) is 3.93. The van der Waals surface area contributed by atoms with E-state index in [-0.39, 0.29) is 0 Å². The number of anilines is 1. The molecule has 1 heterocycles. The number of nitrogens with two attached hydrogens (primary N) is 1. The van der Waals surface area contributed by atoms with Gasteiger partial charge in [-0.25, -0.2) is 10.8 Å². The van der Waals surface area contributed by atoms with Gasteiger partial charge in [0.2, 0.25) is 5.96 Å². The molecule has 0 spiro atoms. The molecule has 1 aromatic carbocycles. The van der Waals surface area contributed by atoms with Gasteiger partial charge in [-0.1, -0.05) is 12.1 Å². The Morgan fingerprint density at radius 3 is 2.60 bits per heavy atom. The van der Waals surface area contributed by atoms with Gasteiger partial charge >= 0.3 is 0 Å². The van der Waals surface area contributed by atoms with Crippen LogP contribution in [0.25, 0.3) is 0 Å². The molecule has 108 valence electrons. The van der Waals surface area contributed by atoms with E-state index in [1.165, 1.54) is 24.1 Å². The normalized spacial score (nSPS) is 20.2. The fraction of sp³-hybridized carbons (Fsp3) is 0.533. The second-order valence-corrected chi connectivity index (χ2v) is 5.64. The van der Waals surface area contributed by atoms with Crippen molar-refractivity contribution in [1.29, 1.82) is 0 Å².